The van der Waals surface area contributed by atoms with E-state index in [0.717, 1.165) is 5.56 Å². The Morgan fingerprint density at radius 3 is 2.42 bits per heavy atom. The van der Waals surface area contributed by atoms with Gasteiger partial charge in [0.1, 0.15) is 12.3 Å². The van der Waals surface area contributed by atoms with Crippen molar-refractivity contribution in [2.24, 2.45) is 0 Å². The van der Waals surface area contributed by atoms with Gasteiger partial charge < -0.3 is 14.7 Å². The molecule has 0 saturated heterocycles. The minimum absolute atomic E-state index is 0.264. The number of likely N-dealkylation sites (N-methyl/N-ethyl adjacent to an activating group) is 1. The summed E-state index contributed by atoms with van der Waals surface area (Å²) in [5.41, 5.74) is -0.115. The number of aliphatic carboxylic acids is 1. The van der Waals surface area contributed by atoms with Crippen LogP contribution in [0.25, 0.3) is 0 Å². The molecule has 0 aliphatic heterocycles. The first kappa shape index (κ1) is 15.0. The van der Waals surface area contributed by atoms with Crippen molar-refractivity contribution in [1.29, 1.82) is 0 Å². The SMILES string of the molecule is COc1ccccc1C(C)(C)C(=O)N(C)CC(=O)O. The molecule has 0 atom stereocenters. The molecule has 1 aromatic rings. The smallest absolute Gasteiger partial charge is 0.323 e. The minimum Gasteiger partial charge on any atom is -0.496 e. The van der Waals surface area contributed by atoms with Crippen LogP contribution in [0.15, 0.2) is 24.3 Å². The standard InChI is InChI=1S/C14H19NO4/c1-14(2,13(18)15(3)9-12(16)17)10-7-5-6-8-11(10)19-4/h5-8H,9H2,1-4H3,(H,16,17). The molecule has 5 nitrogen and oxygen atoms in total. The van der Waals surface area contributed by atoms with Crippen molar-refractivity contribution >= 4 is 11.9 Å². The Kier molecular flexibility index (Phi) is 4.53. The molecule has 0 heterocycles. The van der Waals surface area contributed by atoms with Crippen molar-refractivity contribution in [2.45, 2.75) is 19.3 Å². The molecule has 5 heteroatoms. The van der Waals surface area contributed by atoms with Gasteiger partial charge in [0.15, 0.2) is 0 Å². The van der Waals surface area contributed by atoms with Crippen LogP contribution in [0.1, 0.15) is 19.4 Å². The van der Waals surface area contributed by atoms with Gasteiger partial charge in [0.05, 0.1) is 12.5 Å². The number of benzene rings is 1. The van der Waals surface area contributed by atoms with Gasteiger partial charge in [0, 0.05) is 12.6 Å². The van der Waals surface area contributed by atoms with E-state index < -0.39 is 11.4 Å². The summed E-state index contributed by atoms with van der Waals surface area (Å²) in [7, 11) is 3.02. The predicted molar refractivity (Wildman–Crippen MR) is 71.3 cm³/mol. The van der Waals surface area contributed by atoms with Crippen molar-refractivity contribution < 1.29 is 19.4 Å². The van der Waals surface area contributed by atoms with Crippen LogP contribution in [-0.4, -0.2) is 42.6 Å². The molecular formula is C14H19NO4. The maximum atomic E-state index is 12.4. The molecule has 1 aromatic carbocycles. The summed E-state index contributed by atoms with van der Waals surface area (Å²) in [6.07, 6.45) is 0. The number of nitrogens with zero attached hydrogens (tertiary/aromatic N) is 1. The topological polar surface area (TPSA) is 66.8 Å². The molecule has 104 valence electrons. The van der Waals surface area contributed by atoms with Gasteiger partial charge in [-0.25, -0.2) is 0 Å². The van der Waals surface area contributed by atoms with Gasteiger partial charge in [-0.2, -0.15) is 0 Å². The zero-order valence-electron chi connectivity index (χ0n) is 11.6. The van der Waals surface area contributed by atoms with Crippen LogP contribution in [0.3, 0.4) is 0 Å². The summed E-state index contributed by atoms with van der Waals surface area (Å²) in [5.74, 6) is -0.685. The van der Waals surface area contributed by atoms with Crippen LogP contribution in [0.2, 0.25) is 0 Å². The number of para-hydroxylation sites is 1. The molecule has 1 N–H and O–H groups in total. The molecule has 0 aliphatic rings. The van der Waals surface area contributed by atoms with Crippen LogP contribution in [0, 0.1) is 0 Å². The van der Waals surface area contributed by atoms with Gasteiger partial charge in [-0.3, -0.25) is 9.59 Å². The van der Waals surface area contributed by atoms with Gasteiger partial charge in [-0.05, 0) is 19.9 Å². The van der Waals surface area contributed by atoms with Gasteiger partial charge in [0.25, 0.3) is 0 Å². The number of ether oxygens (including phenoxy) is 1. The second-order valence-electron chi connectivity index (χ2n) is 4.88. The van der Waals surface area contributed by atoms with E-state index in [1.165, 1.54) is 11.9 Å². The molecule has 0 aromatic heterocycles. The zero-order chi connectivity index (χ0) is 14.6. The predicted octanol–water partition coefficient (Wildman–Crippen LogP) is 1.52. The van der Waals surface area contributed by atoms with Crippen molar-refractivity contribution in [3.8, 4) is 5.75 Å². The highest BCUT2D eigenvalue weighted by molar-refractivity contribution is 5.90. The Bertz CT molecular complexity index is 482. The van der Waals surface area contributed by atoms with Crippen LogP contribution >= 0.6 is 0 Å². The van der Waals surface area contributed by atoms with E-state index in [4.69, 9.17) is 9.84 Å². The number of carboxylic acids is 1. The lowest BCUT2D eigenvalue weighted by molar-refractivity contribution is -0.145. The first-order valence-corrected chi connectivity index (χ1v) is 5.91. The average Bonchev–Trinajstić information content (AvgIpc) is 2.36. The lowest BCUT2D eigenvalue weighted by Gasteiger charge is -2.30. The highest BCUT2D eigenvalue weighted by Gasteiger charge is 2.35. The van der Waals surface area contributed by atoms with Crippen LogP contribution in [0.5, 0.6) is 5.75 Å². The highest BCUT2D eigenvalue weighted by Crippen LogP contribution is 2.32. The van der Waals surface area contributed by atoms with E-state index >= 15 is 0 Å². The molecule has 0 saturated carbocycles. The number of hydrogen-bond acceptors (Lipinski definition) is 3. The van der Waals surface area contributed by atoms with Gasteiger partial charge >= 0.3 is 5.97 Å². The monoisotopic (exact) mass is 265 g/mol. The van der Waals surface area contributed by atoms with Crippen LogP contribution < -0.4 is 4.74 Å². The van der Waals surface area contributed by atoms with E-state index in [-0.39, 0.29) is 12.5 Å². The average molecular weight is 265 g/mol. The first-order valence-electron chi connectivity index (χ1n) is 5.91. The fourth-order valence-corrected chi connectivity index (χ4v) is 2.03. The van der Waals surface area contributed by atoms with Crippen molar-refractivity contribution in [3.63, 3.8) is 0 Å². The van der Waals surface area contributed by atoms with Crippen molar-refractivity contribution in [1.82, 2.24) is 4.90 Å². The second kappa shape index (κ2) is 5.73. The van der Waals surface area contributed by atoms with E-state index in [1.807, 2.05) is 18.2 Å². The Balaban J connectivity index is 3.08. The van der Waals surface area contributed by atoms with Crippen molar-refractivity contribution in [3.05, 3.63) is 29.8 Å². The number of methoxy groups -OCH3 is 1. The summed E-state index contributed by atoms with van der Waals surface area (Å²) >= 11 is 0. The molecule has 0 bridgehead atoms. The minimum atomic E-state index is -1.04. The Hall–Kier alpha value is -2.04. The number of carbonyl (C=O) groups excluding carboxylic acids is 1. The summed E-state index contributed by atoms with van der Waals surface area (Å²) < 4.78 is 5.26. The van der Waals surface area contributed by atoms with Crippen molar-refractivity contribution in [2.75, 3.05) is 20.7 Å². The number of amides is 1. The largest absolute Gasteiger partial charge is 0.496 e. The molecule has 19 heavy (non-hydrogen) atoms. The maximum Gasteiger partial charge on any atom is 0.323 e. The Labute approximate surface area is 112 Å². The number of carbonyl (C=O) groups is 2. The molecular weight excluding hydrogens is 246 g/mol. The van der Waals surface area contributed by atoms with E-state index in [1.54, 1.807) is 27.0 Å². The maximum absolute atomic E-state index is 12.4. The van der Waals surface area contributed by atoms with E-state index in [9.17, 15) is 9.59 Å². The fraction of sp³-hybridized carbons (Fsp3) is 0.429. The molecule has 1 rings (SSSR count). The molecule has 0 radical (unpaired) electrons. The zero-order valence-corrected chi connectivity index (χ0v) is 11.6. The van der Waals surface area contributed by atoms with E-state index in [0.29, 0.717) is 5.75 Å². The Morgan fingerprint density at radius 2 is 1.89 bits per heavy atom. The van der Waals surface area contributed by atoms with Gasteiger partial charge in [-0.1, -0.05) is 18.2 Å². The van der Waals surface area contributed by atoms with E-state index in [2.05, 4.69) is 0 Å². The van der Waals surface area contributed by atoms with Crippen LogP contribution in [-0.2, 0) is 15.0 Å². The second-order valence-corrected chi connectivity index (χ2v) is 4.88. The third-order valence-corrected chi connectivity index (χ3v) is 3.03. The lowest BCUT2D eigenvalue weighted by atomic mass is 9.82. The summed E-state index contributed by atoms with van der Waals surface area (Å²) in [6.45, 7) is 3.19. The normalized spacial score (nSPS) is 10.9. The first-order chi connectivity index (χ1) is 8.80. The molecule has 0 fully saturated rings. The number of rotatable bonds is 5. The third kappa shape index (κ3) is 3.24. The lowest BCUT2D eigenvalue weighted by Crippen LogP contribution is -2.43. The summed E-state index contributed by atoms with van der Waals surface area (Å²) in [4.78, 5) is 24.3. The number of carboxylic acid groups (broad SMARTS) is 1. The van der Waals surface area contributed by atoms with Gasteiger partial charge in [0.2, 0.25) is 5.91 Å². The third-order valence-electron chi connectivity index (χ3n) is 3.03. The molecule has 1 amide bonds. The number of hydrogen-bond donors (Lipinski definition) is 1. The summed E-state index contributed by atoms with van der Waals surface area (Å²) in [6, 6.07) is 7.24. The van der Waals surface area contributed by atoms with Crippen LogP contribution in [0.4, 0.5) is 0 Å². The quantitative estimate of drug-likeness (QED) is 0.876. The summed E-state index contributed by atoms with van der Waals surface area (Å²) in [5, 5.41) is 8.75. The fourth-order valence-electron chi connectivity index (χ4n) is 2.03. The molecule has 0 aliphatic carbocycles. The highest BCUT2D eigenvalue weighted by atomic mass is 16.5. The molecule has 0 unspecified atom stereocenters. The van der Waals surface area contributed by atoms with Gasteiger partial charge in [-0.15, -0.1) is 0 Å². The molecule has 0 spiro atoms. The Morgan fingerprint density at radius 1 is 1.32 bits per heavy atom.